The topological polar surface area (TPSA) is 46.3 Å². The Bertz CT molecular complexity index is 598. The second kappa shape index (κ2) is 5.12. The summed E-state index contributed by atoms with van der Waals surface area (Å²) < 4.78 is 5.79. The van der Waals surface area contributed by atoms with Gasteiger partial charge in [0, 0.05) is 17.6 Å². The van der Waals surface area contributed by atoms with Crippen molar-refractivity contribution in [2.24, 2.45) is 0 Å². The van der Waals surface area contributed by atoms with Gasteiger partial charge in [-0.25, -0.2) is 0 Å². The zero-order valence-electron chi connectivity index (χ0n) is 9.78. The van der Waals surface area contributed by atoms with Crippen molar-refractivity contribution in [2.75, 3.05) is 11.9 Å². The van der Waals surface area contributed by atoms with Gasteiger partial charge in [0.2, 0.25) is 5.76 Å². The highest BCUT2D eigenvalue weighted by Gasteiger charge is 2.19. The highest BCUT2D eigenvalue weighted by Crippen LogP contribution is 2.29. The van der Waals surface area contributed by atoms with Gasteiger partial charge < -0.3 is 9.42 Å². The molecule has 0 aliphatic rings. The van der Waals surface area contributed by atoms with E-state index in [1.807, 2.05) is 6.07 Å². The molecule has 2 aromatic rings. The van der Waals surface area contributed by atoms with E-state index in [4.69, 9.17) is 16.1 Å². The SMILES string of the molecule is Cc1cc(C(=O)N(C)c2ccc(Br)cc2Cl)on1. The largest absolute Gasteiger partial charge is 0.351 e. The van der Waals surface area contributed by atoms with Crippen LogP contribution in [0.5, 0.6) is 0 Å². The number of hydrogen-bond acceptors (Lipinski definition) is 3. The molecule has 0 radical (unpaired) electrons. The van der Waals surface area contributed by atoms with Crippen molar-refractivity contribution in [1.29, 1.82) is 0 Å². The summed E-state index contributed by atoms with van der Waals surface area (Å²) in [6, 6.07) is 6.89. The molecule has 0 bridgehead atoms. The lowest BCUT2D eigenvalue weighted by Crippen LogP contribution is -2.26. The Morgan fingerprint density at radius 3 is 2.72 bits per heavy atom. The van der Waals surface area contributed by atoms with Crippen molar-refractivity contribution < 1.29 is 9.32 Å². The molecule has 94 valence electrons. The second-order valence-corrected chi connectivity index (χ2v) is 5.12. The van der Waals surface area contributed by atoms with Crippen LogP contribution in [0.15, 0.2) is 33.3 Å². The molecule has 0 fully saturated rings. The van der Waals surface area contributed by atoms with E-state index in [0.29, 0.717) is 16.4 Å². The van der Waals surface area contributed by atoms with Gasteiger partial charge in [0.15, 0.2) is 0 Å². The fourth-order valence-corrected chi connectivity index (χ4v) is 2.29. The minimum Gasteiger partial charge on any atom is -0.351 e. The number of carbonyl (C=O) groups excluding carboxylic acids is 1. The average molecular weight is 330 g/mol. The summed E-state index contributed by atoms with van der Waals surface area (Å²) in [7, 11) is 1.63. The van der Waals surface area contributed by atoms with Crippen LogP contribution in [0.1, 0.15) is 16.2 Å². The molecule has 0 saturated heterocycles. The number of nitrogens with zero attached hydrogens (tertiary/aromatic N) is 2. The van der Waals surface area contributed by atoms with Crippen LogP contribution in [0.2, 0.25) is 5.02 Å². The Morgan fingerprint density at radius 2 is 2.17 bits per heavy atom. The molecule has 0 aliphatic heterocycles. The second-order valence-electron chi connectivity index (χ2n) is 3.79. The van der Waals surface area contributed by atoms with Crippen LogP contribution < -0.4 is 4.90 Å². The third kappa shape index (κ3) is 2.57. The standard InChI is InChI=1S/C12H10BrClN2O2/c1-7-5-11(18-15-7)12(17)16(2)10-4-3-8(13)6-9(10)14/h3-6H,1-2H3. The number of hydrogen-bond donors (Lipinski definition) is 0. The first kappa shape index (κ1) is 13.1. The summed E-state index contributed by atoms with van der Waals surface area (Å²) in [5, 5.41) is 4.17. The van der Waals surface area contributed by atoms with Gasteiger partial charge in [-0.2, -0.15) is 0 Å². The number of aromatic nitrogens is 1. The lowest BCUT2D eigenvalue weighted by Gasteiger charge is -2.17. The van der Waals surface area contributed by atoms with Crippen molar-refractivity contribution in [3.05, 3.63) is 45.2 Å². The lowest BCUT2D eigenvalue weighted by atomic mass is 10.2. The van der Waals surface area contributed by atoms with Crippen molar-refractivity contribution >= 4 is 39.1 Å². The fourth-order valence-electron chi connectivity index (χ4n) is 1.49. The van der Waals surface area contributed by atoms with Gasteiger partial charge >= 0.3 is 0 Å². The van der Waals surface area contributed by atoms with Gasteiger partial charge in [0.05, 0.1) is 16.4 Å². The Balaban J connectivity index is 2.31. The van der Waals surface area contributed by atoms with E-state index in [0.717, 1.165) is 4.47 Å². The molecule has 0 unspecified atom stereocenters. The Kier molecular flexibility index (Phi) is 3.73. The average Bonchev–Trinajstić information content (AvgIpc) is 2.74. The summed E-state index contributed by atoms with van der Waals surface area (Å²) in [6.07, 6.45) is 0. The van der Waals surface area contributed by atoms with Crippen LogP contribution in [-0.4, -0.2) is 18.1 Å². The Morgan fingerprint density at radius 1 is 1.44 bits per heavy atom. The molecule has 1 heterocycles. The van der Waals surface area contributed by atoms with Gasteiger partial charge in [-0.1, -0.05) is 32.7 Å². The predicted molar refractivity (Wildman–Crippen MR) is 73.1 cm³/mol. The summed E-state index contributed by atoms with van der Waals surface area (Å²) in [4.78, 5) is 13.5. The predicted octanol–water partition coefficient (Wildman–Crippen LogP) is 3.68. The molecule has 2 rings (SSSR count). The van der Waals surface area contributed by atoms with E-state index in [-0.39, 0.29) is 11.7 Å². The van der Waals surface area contributed by atoms with Crippen LogP contribution >= 0.6 is 27.5 Å². The molecule has 0 atom stereocenters. The van der Waals surface area contributed by atoms with Crippen molar-refractivity contribution in [3.63, 3.8) is 0 Å². The quantitative estimate of drug-likeness (QED) is 0.844. The molecule has 1 amide bonds. The molecule has 18 heavy (non-hydrogen) atoms. The molecule has 4 nitrogen and oxygen atoms in total. The smallest absolute Gasteiger partial charge is 0.296 e. The molecular weight excluding hydrogens is 320 g/mol. The number of amides is 1. The van der Waals surface area contributed by atoms with Gasteiger partial charge in [0.1, 0.15) is 0 Å². The minimum atomic E-state index is -0.292. The number of benzene rings is 1. The van der Waals surface area contributed by atoms with E-state index in [1.54, 1.807) is 32.2 Å². The van der Waals surface area contributed by atoms with Crippen molar-refractivity contribution in [2.45, 2.75) is 6.92 Å². The van der Waals surface area contributed by atoms with Crippen molar-refractivity contribution in [1.82, 2.24) is 5.16 Å². The zero-order chi connectivity index (χ0) is 13.3. The van der Waals surface area contributed by atoms with Crippen LogP contribution in [0, 0.1) is 6.92 Å². The molecule has 0 saturated carbocycles. The van der Waals surface area contributed by atoms with Gasteiger partial charge in [-0.3, -0.25) is 4.79 Å². The maximum atomic E-state index is 12.1. The van der Waals surface area contributed by atoms with E-state index in [2.05, 4.69) is 21.1 Å². The number of aryl methyl sites for hydroxylation is 1. The first-order valence-electron chi connectivity index (χ1n) is 5.15. The summed E-state index contributed by atoms with van der Waals surface area (Å²) in [5.74, 6) is -0.103. The van der Waals surface area contributed by atoms with Gasteiger partial charge in [-0.05, 0) is 25.1 Å². The number of anilines is 1. The number of halogens is 2. The summed E-state index contributed by atoms with van der Waals surface area (Å²) >= 11 is 9.41. The molecule has 0 N–H and O–H groups in total. The molecule has 0 aliphatic carbocycles. The Hall–Kier alpha value is -1.33. The summed E-state index contributed by atoms with van der Waals surface area (Å²) in [5.41, 5.74) is 1.27. The highest BCUT2D eigenvalue weighted by atomic mass is 79.9. The first-order valence-corrected chi connectivity index (χ1v) is 6.32. The fraction of sp³-hybridized carbons (Fsp3) is 0.167. The molecule has 1 aromatic heterocycles. The van der Waals surface area contributed by atoms with Gasteiger partial charge in [-0.15, -0.1) is 0 Å². The molecule has 1 aromatic carbocycles. The zero-order valence-corrected chi connectivity index (χ0v) is 12.1. The van der Waals surface area contributed by atoms with Crippen LogP contribution in [0.4, 0.5) is 5.69 Å². The van der Waals surface area contributed by atoms with E-state index >= 15 is 0 Å². The molecule has 6 heteroatoms. The first-order chi connectivity index (χ1) is 8.49. The van der Waals surface area contributed by atoms with E-state index in [1.165, 1.54) is 4.90 Å². The number of rotatable bonds is 2. The third-order valence-electron chi connectivity index (χ3n) is 2.41. The maximum Gasteiger partial charge on any atom is 0.296 e. The van der Waals surface area contributed by atoms with E-state index in [9.17, 15) is 4.79 Å². The van der Waals surface area contributed by atoms with Crippen molar-refractivity contribution in [3.8, 4) is 0 Å². The molecular formula is C12H10BrClN2O2. The minimum absolute atomic E-state index is 0.189. The third-order valence-corrected chi connectivity index (χ3v) is 3.21. The summed E-state index contributed by atoms with van der Waals surface area (Å²) in [6.45, 7) is 1.76. The number of carbonyl (C=O) groups is 1. The molecule has 0 spiro atoms. The monoisotopic (exact) mass is 328 g/mol. The Labute approximate surface area is 118 Å². The van der Waals surface area contributed by atoms with Crippen LogP contribution in [0.25, 0.3) is 0 Å². The van der Waals surface area contributed by atoms with E-state index < -0.39 is 0 Å². The normalized spacial score (nSPS) is 10.4. The van der Waals surface area contributed by atoms with Crippen LogP contribution in [-0.2, 0) is 0 Å². The van der Waals surface area contributed by atoms with Gasteiger partial charge in [0.25, 0.3) is 5.91 Å². The highest BCUT2D eigenvalue weighted by molar-refractivity contribution is 9.10. The lowest BCUT2D eigenvalue weighted by molar-refractivity contribution is 0.0957. The van der Waals surface area contributed by atoms with Crippen LogP contribution in [0.3, 0.4) is 0 Å². The maximum absolute atomic E-state index is 12.1.